The van der Waals surface area contributed by atoms with E-state index in [1.165, 1.54) is 38.8 Å². The maximum atomic E-state index is 2.95. The first-order chi connectivity index (χ1) is 9.58. The summed E-state index contributed by atoms with van der Waals surface area (Å²) in [4.78, 5) is 0. The maximum Gasteiger partial charge on any atom is 0.109 e. The highest BCUT2D eigenvalue weighted by Crippen LogP contribution is 2.29. The van der Waals surface area contributed by atoms with E-state index < -0.39 is 17.9 Å². The smallest absolute Gasteiger partial charge is 0.109 e. The second-order valence-electron chi connectivity index (χ2n) is 6.77. The number of hydrogen-bond acceptors (Lipinski definition) is 2. The Labute approximate surface area is 131 Å². The van der Waals surface area contributed by atoms with Crippen LogP contribution in [0.1, 0.15) is 67.2 Å². The normalized spacial score (nSPS) is 25.8. The van der Waals surface area contributed by atoms with Crippen molar-refractivity contribution in [1.29, 1.82) is 0 Å². The van der Waals surface area contributed by atoms with Gasteiger partial charge in [-0.15, -0.1) is 0 Å². The van der Waals surface area contributed by atoms with Crippen molar-refractivity contribution >= 4 is 17.9 Å². The fourth-order valence-electron chi connectivity index (χ4n) is 3.61. The Balaban J connectivity index is 2.52. The minimum atomic E-state index is -0.547. The molecule has 4 heteroatoms. The average Bonchev–Trinajstić information content (AvgIpc) is 2.41. The predicted molar refractivity (Wildman–Crippen MR) is 97.4 cm³/mol. The summed E-state index contributed by atoms with van der Waals surface area (Å²) in [5.74, 6) is 0. The molecule has 0 radical (unpaired) electrons. The van der Waals surface area contributed by atoms with Gasteiger partial charge in [-0.1, -0.05) is 41.5 Å². The van der Waals surface area contributed by atoms with Gasteiger partial charge in [0.15, 0.2) is 0 Å². The molecule has 0 aromatic rings. The van der Waals surface area contributed by atoms with Crippen molar-refractivity contribution in [3.05, 3.63) is 0 Å². The van der Waals surface area contributed by atoms with E-state index >= 15 is 0 Å². The third-order valence-electron chi connectivity index (χ3n) is 5.30. The van der Waals surface area contributed by atoms with Crippen LogP contribution in [-0.4, -0.2) is 52.2 Å². The molecule has 1 fully saturated rings. The molecule has 20 heavy (non-hydrogen) atoms. The van der Waals surface area contributed by atoms with Gasteiger partial charge in [-0.05, 0) is 62.2 Å². The number of rotatable bonds is 10. The van der Waals surface area contributed by atoms with Crippen molar-refractivity contribution in [3.8, 4) is 0 Å². The summed E-state index contributed by atoms with van der Waals surface area (Å²) in [5, 5.41) is 0. The molecule has 120 valence electrons. The lowest BCUT2D eigenvalue weighted by Crippen LogP contribution is -2.62. The predicted octanol–water partition coefficient (Wildman–Crippen LogP) is 3.55. The molecule has 0 bridgehead atoms. The Bertz CT molecular complexity index is 233. The van der Waals surface area contributed by atoms with Crippen molar-refractivity contribution in [2.24, 2.45) is 0 Å². The van der Waals surface area contributed by atoms with E-state index in [0.29, 0.717) is 0 Å². The van der Waals surface area contributed by atoms with Gasteiger partial charge in [-0.3, -0.25) is 0 Å². The summed E-state index contributed by atoms with van der Waals surface area (Å²) < 4.78 is 5.90. The topological polar surface area (TPSA) is 6.48 Å². The Morgan fingerprint density at radius 3 is 1.35 bits per heavy atom. The van der Waals surface area contributed by atoms with Crippen molar-refractivity contribution < 1.29 is 0 Å². The first-order valence-electron chi connectivity index (χ1n) is 9.10. The minimum Gasteiger partial charge on any atom is -0.324 e. The Kier molecular flexibility index (Phi) is 8.64. The van der Waals surface area contributed by atoms with Crippen molar-refractivity contribution in [3.63, 3.8) is 0 Å². The highest BCUT2D eigenvalue weighted by Gasteiger charge is 2.41. The van der Waals surface area contributed by atoms with Gasteiger partial charge >= 0.3 is 0 Å². The van der Waals surface area contributed by atoms with Gasteiger partial charge in [0.2, 0.25) is 0 Å². The van der Waals surface area contributed by atoms with Crippen molar-refractivity contribution in [2.45, 2.75) is 90.6 Å². The molecule has 1 aliphatic rings. The summed E-state index contributed by atoms with van der Waals surface area (Å²) in [6.45, 7) is 17.1. The molecule has 2 nitrogen and oxygen atoms in total. The fourth-order valence-corrected chi connectivity index (χ4v) is 15.5. The minimum absolute atomic E-state index is 0.547. The molecule has 2 atom stereocenters. The molecule has 2 unspecified atom stereocenters. The van der Waals surface area contributed by atoms with Crippen LogP contribution in [0.2, 0.25) is 11.3 Å². The molecular weight excluding hydrogens is 276 g/mol. The fraction of sp³-hybridized carbons (Fsp3) is 1.00. The summed E-state index contributed by atoms with van der Waals surface area (Å²) in [6.07, 6.45) is 5.34. The highest BCUT2D eigenvalue weighted by molar-refractivity contribution is 6.92. The number of hydrogen-bond donors (Lipinski definition) is 0. The van der Waals surface area contributed by atoms with Crippen LogP contribution in [-0.2, 0) is 0 Å². The van der Waals surface area contributed by atoms with E-state index in [4.69, 9.17) is 0 Å². The van der Waals surface area contributed by atoms with E-state index in [0.717, 1.165) is 12.1 Å². The molecule has 0 aliphatic carbocycles. The zero-order chi connectivity index (χ0) is 15.1. The molecule has 0 amide bonds. The van der Waals surface area contributed by atoms with Crippen molar-refractivity contribution in [1.82, 2.24) is 9.13 Å². The molecule has 0 saturated carbocycles. The van der Waals surface area contributed by atoms with E-state index in [1.807, 2.05) is 0 Å². The third-order valence-corrected chi connectivity index (χ3v) is 17.4. The Hall–Kier alpha value is 0.354. The van der Waals surface area contributed by atoms with E-state index in [2.05, 4.69) is 50.7 Å². The van der Waals surface area contributed by atoms with Crippen LogP contribution in [0.3, 0.4) is 0 Å². The van der Waals surface area contributed by atoms with Crippen LogP contribution >= 0.6 is 0 Å². The lowest BCUT2D eigenvalue weighted by atomic mass is 10.2. The van der Waals surface area contributed by atoms with Crippen LogP contribution in [0, 0.1) is 0 Å². The van der Waals surface area contributed by atoms with Crippen LogP contribution < -0.4 is 0 Å². The summed E-state index contributed by atoms with van der Waals surface area (Å²) in [5.41, 5.74) is 3.35. The van der Waals surface area contributed by atoms with Gasteiger partial charge in [-0.2, -0.15) is 0 Å². The van der Waals surface area contributed by atoms with Gasteiger partial charge in [0.1, 0.15) is 17.9 Å². The second kappa shape index (κ2) is 9.39. The highest BCUT2D eigenvalue weighted by atomic mass is 28.4. The molecule has 1 heterocycles. The largest absolute Gasteiger partial charge is 0.324 e. The number of nitrogens with zero attached hydrogens (tertiary/aromatic N) is 2. The molecule has 0 spiro atoms. The van der Waals surface area contributed by atoms with Gasteiger partial charge in [0.25, 0.3) is 0 Å². The van der Waals surface area contributed by atoms with Gasteiger partial charge in [0, 0.05) is 0 Å². The van der Waals surface area contributed by atoms with E-state index in [9.17, 15) is 0 Å². The molecule has 0 N–H and O–H groups in total. The molecular formula is C16H38N2Si2. The molecule has 0 aromatic carbocycles. The van der Waals surface area contributed by atoms with Crippen LogP contribution in [0.15, 0.2) is 0 Å². The van der Waals surface area contributed by atoms with Crippen molar-refractivity contribution in [2.75, 3.05) is 13.1 Å². The van der Waals surface area contributed by atoms with Gasteiger partial charge < -0.3 is 9.13 Å². The Morgan fingerprint density at radius 1 is 0.750 bits per heavy atom. The summed E-state index contributed by atoms with van der Waals surface area (Å²) >= 11 is 0. The average molecular weight is 315 g/mol. The molecule has 1 rings (SSSR count). The van der Waals surface area contributed by atoms with Crippen LogP contribution in [0.4, 0.5) is 0 Å². The second-order valence-corrected chi connectivity index (χ2v) is 14.5. The van der Waals surface area contributed by atoms with Gasteiger partial charge in [-0.25, -0.2) is 0 Å². The van der Waals surface area contributed by atoms with Crippen LogP contribution in [0.25, 0.3) is 0 Å². The molecule has 1 saturated heterocycles. The summed E-state index contributed by atoms with van der Waals surface area (Å²) in [7, 11) is -1.09. The van der Waals surface area contributed by atoms with E-state index in [-0.39, 0.29) is 0 Å². The Morgan fingerprint density at radius 2 is 1.10 bits per heavy atom. The lowest BCUT2D eigenvalue weighted by molar-refractivity contribution is 0.315. The first kappa shape index (κ1) is 18.4. The third kappa shape index (κ3) is 4.68. The summed E-state index contributed by atoms with van der Waals surface area (Å²) in [6, 6.07) is 1.68. The first-order valence-corrected chi connectivity index (χ1v) is 13.4. The SMILES string of the molecule is CCCN(C(C)CC)[SiH]1C[SiH](N(CCC)C(C)CC)C1. The zero-order valence-electron chi connectivity index (χ0n) is 14.9. The standard InChI is InChI=1S/C16H38N2Si2/c1-7-11-17(15(5)9-3)19-13-20(14-19)18(12-8-2)16(6)10-4/h15-16,19-20H,7-14H2,1-6H3. The zero-order valence-corrected chi connectivity index (χ0v) is 17.2. The lowest BCUT2D eigenvalue weighted by Gasteiger charge is -2.49. The van der Waals surface area contributed by atoms with E-state index in [1.54, 1.807) is 11.3 Å². The quantitative estimate of drug-likeness (QED) is 0.569. The molecule has 0 aromatic heterocycles. The van der Waals surface area contributed by atoms with Gasteiger partial charge in [0.05, 0.1) is 0 Å². The molecule has 1 aliphatic heterocycles. The van der Waals surface area contributed by atoms with Crippen LogP contribution in [0.5, 0.6) is 0 Å². The maximum absolute atomic E-state index is 2.95. The monoisotopic (exact) mass is 314 g/mol.